The van der Waals surface area contributed by atoms with Crippen molar-refractivity contribution in [3.63, 3.8) is 0 Å². The average molecular weight is 266 g/mol. The summed E-state index contributed by atoms with van der Waals surface area (Å²) in [7, 11) is 0. The molecule has 0 amide bonds. The molecular formula is C16H24ClN. The van der Waals surface area contributed by atoms with Crippen molar-refractivity contribution in [2.24, 2.45) is 5.41 Å². The van der Waals surface area contributed by atoms with Crippen LogP contribution in [0.15, 0.2) is 24.3 Å². The minimum Gasteiger partial charge on any atom is -0.307 e. The Morgan fingerprint density at radius 1 is 1.28 bits per heavy atom. The summed E-state index contributed by atoms with van der Waals surface area (Å²) < 4.78 is 0. The van der Waals surface area contributed by atoms with Gasteiger partial charge in [-0.2, -0.15) is 0 Å². The minimum absolute atomic E-state index is 0.404. The molecule has 1 N–H and O–H groups in total. The summed E-state index contributed by atoms with van der Waals surface area (Å²) in [6, 6.07) is 9.24. The number of benzene rings is 1. The van der Waals surface area contributed by atoms with Crippen LogP contribution in [0.1, 0.15) is 58.1 Å². The molecule has 2 rings (SSSR count). The molecular weight excluding hydrogens is 242 g/mol. The first kappa shape index (κ1) is 13.9. The maximum Gasteiger partial charge on any atom is 0.0406 e. The molecule has 0 spiro atoms. The molecule has 1 saturated carbocycles. The number of nitrogens with one attached hydrogen (secondary N) is 1. The summed E-state index contributed by atoms with van der Waals surface area (Å²) in [5.41, 5.74) is 1.82. The quantitative estimate of drug-likeness (QED) is 0.815. The van der Waals surface area contributed by atoms with Crippen LogP contribution in [0.2, 0.25) is 5.02 Å². The Morgan fingerprint density at radius 2 is 1.94 bits per heavy atom. The summed E-state index contributed by atoms with van der Waals surface area (Å²) in [6.45, 7) is 7.01. The van der Waals surface area contributed by atoms with Crippen molar-refractivity contribution in [3.8, 4) is 0 Å². The number of hydrogen-bond acceptors (Lipinski definition) is 1. The molecule has 18 heavy (non-hydrogen) atoms. The Kier molecular flexibility index (Phi) is 4.34. The van der Waals surface area contributed by atoms with Gasteiger partial charge in [0.1, 0.15) is 0 Å². The van der Waals surface area contributed by atoms with Crippen LogP contribution < -0.4 is 5.32 Å². The van der Waals surface area contributed by atoms with E-state index >= 15 is 0 Å². The second-order valence-electron chi connectivity index (χ2n) is 6.40. The van der Waals surface area contributed by atoms with Crippen LogP contribution in [0.4, 0.5) is 0 Å². The molecule has 0 bridgehead atoms. The van der Waals surface area contributed by atoms with Crippen molar-refractivity contribution in [2.45, 2.75) is 58.5 Å². The monoisotopic (exact) mass is 265 g/mol. The van der Waals surface area contributed by atoms with Gasteiger partial charge in [0.2, 0.25) is 0 Å². The molecule has 1 aliphatic carbocycles. The van der Waals surface area contributed by atoms with E-state index in [0.717, 1.165) is 5.02 Å². The molecule has 100 valence electrons. The second-order valence-corrected chi connectivity index (χ2v) is 6.83. The lowest BCUT2D eigenvalue weighted by Gasteiger charge is -2.37. The van der Waals surface area contributed by atoms with Crippen LogP contribution in [0.5, 0.6) is 0 Å². The molecule has 0 heterocycles. The van der Waals surface area contributed by atoms with E-state index in [9.17, 15) is 0 Å². The van der Waals surface area contributed by atoms with E-state index in [-0.39, 0.29) is 0 Å². The zero-order valence-electron chi connectivity index (χ0n) is 11.7. The summed E-state index contributed by atoms with van der Waals surface area (Å²) in [5, 5.41) is 4.58. The van der Waals surface area contributed by atoms with E-state index in [0.29, 0.717) is 17.5 Å². The number of hydrogen-bond donors (Lipinski definition) is 1. The normalized spacial score (nSPS) is 24.8. The van der Waals surface area contributed by atoms with Gasteiger partial charge in [-0.1, -0.05) is 44.0 Å². The molecule has 1 aliphatic rings. The van der Waals surface area contributed by atoms with Gasteiger partial charge in [0.25, 0.3) is 0 Å². The molecule has 1 aromatic rings. The molecule has 0 aromatic heterocycles. The average Bonchev–Trinajstić information content (AvgIpc) is 2.28. The first-order valence-electron chi connectivity index (χ1n) is 6.98. The van der Waals surface area contributed by atoms with Gasteiger partial charge in [0, 0.05) is 17.1 Å². The van der Waals surface area contributed by atoms with Crippen molar-refractivity contribution in [2.75, 3.05) is 0 Å². The lowest BCUT2D eigenvalue weighted by molar-refractivity contribution is 0.191. The van der Waals surface area contributed by atoms with Crippen LogP contribution in [-0.4, -0.2) is 6.04 Å². The SMILES string of the molecule is C[C@H](NC1CCCC(C)(C)C1)c1ccc(Cl)cc1. The standard InChI is InChI=1S/C16H24ClN/c1-12(13-6-8-14(17)9-7-13)18-15-5-4-10-16(2,3)11-15/h6-9,12,15,18H,4-5,10-11H2,1-3H3/t12-,15?/m0/s1. The van der Waals surface area contributed by atoms with Crippen molar-refractivity contribution in [1.29, 1.82) is 0 Å². The molecule has 0 aliphatic heterocycles. The topological polar surface area (TPSA) is 12.0 Å². The van der Waals surface area contributed by atoms with Crippen molar-refractivity contribution in [1.82, 2.24) is 5.32 Å². The molecule has 2 heteroatoms. The Balaban J connectivity index is 1.94. The second kappa shape index (κ2) is 5.63. The third kappa shape index (κ3) is 3.73. The van der Waals surface area contributed by atoms with Gasteiger partial charge >= 0.3 is 0 Å². The predicted octanol–water partition coefficient (Wildman–Crippen LogP) is 4.96. The lowest BCUT2D eigenvalue weighted by Crippen LogP contribution is -2.38. The fourth-order valence-electron chi connectivity index (χ4n) is 3.04. The Hall–Kier alpha value is -0.530. The summed E-state index contributed by atoms with van der Waals surface area (Å²) in [4.78, 5) is 0. The molecule has 0 saturated heterocycles. The van der Waals surface area contributed by atoms with E-state index < -0.39 is 0 Å². The van der Waals surface area contributed by atoms with E-state index in [2.05, 4.69) is 38.2 Å². The Bertz CT molecular complexity index is 383. The van der Waals surface area contributed by atoms with Crippen LogP contribution >= 0.6 is 11.6 Å². The van der Waals surface area contributed by atoms with Crippen molar-refractivity contribution >= 4 is 11.6 Å². The first-order valence-corrected chi connectivity index (χ1v) is 7.36. The highest BCUT2D eigenvalue weighted by molar-refractivity contribution is 6.30. The minimum atomic E-state index is 0.404. The third-order valence-corrected chi connectivity index (χ3v) is 4.31. The molecule has 1 fully saturated rings. The molecule has 0 radical (unpaired) electrons. The van der Waals surface area contributed by atoms with E-state index in [1.54, 1.807) is 0 Å². The van der Waals surface area contributed by atoms with Gasteiger partial charge in [-0.3, -0.25) is 0 Å². The van der Waals surface area contributed by atoms with Crippen LogP contribution in [0.3, 0.4) is 0 Å². The molecule has 1 aromatic carbocycles. The summed E-state index contributed by atoms with van der Waals surface area (Å²) in [5.74, 6) is 0. The molecule has 2 atom stereocenters. The van der Waals surface area contributed by atoms with Crippen molar-refractivity contribution < 1.29 is 0 Å². The number of rotatable bonds is 3. The van der Waals surface area contributed by atoms with E-state index in [1.807, 2.05) is 12.1 Å². The lowest BCUT2D eigenvalue weighted by atomic mass is 9.75. The van der Waals surface area contributed by atoms with Gasteiger partial charge in [0.15, 0.2) is 0 Å². The van der Waals surface area contributed by atoms with Crippen LogP contribution in [0, 0.1) is 5.41 Å². The van der Waals surface area contributed by atoms with Gasteiger partial charge in [-0.05, 0) is 49.3 Å². The van der Waals surface area contributed by atoms with E-state index in [1.165, 1.54) is 31.2 Å². The highest BCUT2D eigenvalue weighted by Crippen LogP contribution is 2.35. The van der Waals surface area contributed by atoms with Crippen LogP contribution in [0.25, 0.3) is 0 Å². The number of halogens is 1. The van der Waals surface area contributed by atoms with Gasteiger partial charge < -0.3 is 5.32 Å². The van der Waals surface area contributed by atoms with Gasteiger partial charge in [-0.25, -0.2) is 0 Å². The Labute approximate surface area is 116 Å². The summed E-state index contributed by atoms with van der Waals surface area (Å²) >= 11 is 5.93. The maximum atomic E-state index is 5.93. The Morgan fingerprint density at radius 3 is 2.56 bits per heavy atom. The fraction of sp³-hybridized carbons (Fsp3) is 0.625. The van der Waals surface area contributed by atoms with Crippen molar-refractivity contribution in [3.05, 3.63) is 34.9 Å². The van der Waals surface area contributed by atoms with Crippen LogP contribution in [-0.2, 0) is 0 Å². The largest absolute Gasteiger partial charge is 0.307 e. The van der Waals surface area contributed by atoms with Gasteiger partial charge in [0.05, 0.1) is 0 Å². The maximum absolute atomic E-state index is 5.93. The smallest absolute Gasteiger partial charge is 0.0406 e. The fourth-order valence-corrected chi connectivity index (χ4v) is 3.17. The first-order chi connectivity index (χ1) is 8.46. The third-order valence-electron chi connectivity index (χ3n) is 4.06. The molecule has 1 nitrogen and oxygen atoms in total. The highest BCUT2D eigenvalue weighted by Gasteiger charge is 2.28. The highest BCUT2D eigenvalue weighted by atomic mass is 35.5. The van der Waals surface area contributed by atoms with E-state index in [4.69, 9.17) is 11.6 Å². The van der Waals surface area contributed by atoms with Gasteiger partial charge in [-0.15, -0.1) is 0 Å². The zero-order chi connectivity index (χ0) is 13.2. The molecule has 1 unspecified atom stereocenters. The zero-order valence-corrected chi connectivity index (χ0v) is 12.4. The summed E-state index contributed by atoms with van der Waals surface area (Å²) in [6.07, 6.45) is 5.30. The predicted molar refractivity (Wildman–Crippen MR) is 79.0 cm³/mol.